The molecular formula is C17H19ClN4O2. The van der Waals surface area contributed by atoms with Crippen LogP contribution in [0.25, 0.3) is 0 Å². The van der Waals surface area contributed by atoms with E-state index in [1.807, 2.05) is 18.2 Å². The van der Waals surface area contributed by atoms with Crippen LogP contribution in [0.5, 0.6) is 0 Å². The SMILES string of the molecule is CN(C)C(=O)NCC(=O)N[C@@H](c1ccc(Cl)cc1)c1cccnc1. The summed E-state index contributed by atoms with van der Waals surface area (Å²) in [5, 5.41) is 6.06. The summed E-state index contributed by atoms with van der Waals surface area (Å²) >= 11 is 5.93. The molecule has 1 aromatic heterocycles. The van der Waals surface area contributed by atoms with Crippen LogP contribution in [-0.2, 0) is 4.79 Å². The average molecular weight is 347 g/mol. The van der Waals surface area contributed by atoms with E-state index >= 15 is 0 Å². The normalized spacial score (nSPS) is 11.5. The fraction of sp³-hybridized carbons (Fsp3) is 0.235. The van der Waals surface area contributed by atoms with E-state index in [4.69, 9.17) is 11.6 Å². The number of carbonyl (C=O) groups is 2. The van der Waals surface area contributed by atoms with Gasteiger partial charge in [-0.1, -0.05) is 29.8 Å². The molecule has 1 atom stereocenters. The van der Waals surface area contributed by atoms with Gasteiger partial charge in [0.1, 0.15) is 0 Å². The van der Waals surface area contributed by atoms with Gasteiger partial charge in [-0.15, -0.1) is 0 Å². The van der Waals surface area contributed by atoms with Gasteiger partial charge in [0.2, 0.25) is 5.91 Å². The highest BCUT2D eigenvalue weighted by atomic mass is 35.5. The Morgan fingerprint density at radius 3 is 2.46 bits per heavy atom. The lowest BCUT2D eigenvalue weighted by Crippen LogP contribution is -2.42. The van der Waals surface area contributed by atoms with Crippen molar-refractivity contribution in [1.82, 2.24) is 20.5 Å². The molecule has 0 radical (unpaired) electrons. The molecule has 3 amide bonds. The van der Waals surface area contributed by atoms with Gasteiger partial charge in [-0.2, -0.15) is 0 Å². The molecule has 1 heterocycles. The van der Waals surface area contributed by atoms with Crippen LogP contribution in [0.2, 0.25) is 5.02 Å². The molecule has 0 spiro atoms. The molecule has 0 aliphatic heterocycles. The van der Waals surface area contributed by atoms with E-state index in [-0.39, 0.29) is 24.5 Å². The molecule has 126 valence electrons. The third kappa shape index (κ3) is 4.96. The smallest absolute Gasteiger partial charge is 0.317 e. The minimum absolute atomic E-state index is 0.110. The maximum atomic E-state index is 12.2. The largest absolute Gasteiger partial charge is 0.344 e. The number of nitrogens with zero attached hydrogens (tertiary/aromatic N) is 2. The van der Waals surface area contributed by atoms with Crippen molar-refractivity contribution in [3.05, 3.63) is 64.9 Å². The maximum absolute atomic E-state index is 12.2. The number of benzene rings is 1. The summed E-state index contributed by atoms with van der Waals surface area (Å²) < 4.78 is 0. The monoisotopic (exact) mass is 346 g/mol. The van der Waals surface area contributed by atoms with Gasteiger partial charge in [0.05, 0.1) is 12.6 Å². The van der Waals surface area contributed by atoms with Crippen molar-refractivity contribution in [3.8, 4) is 0 Å². The first-order chi connectivity index (χ1) is 11.5. The minimum Gasteiger partial charge on any atom is -0.344 e. The predicted octanol–water partition coefficient (Wildman–Crippen LogP) is 2.21. The van der Waals surface area contributed by atoms with E-state index in [2.05, 4.69) is 15.6 Å². The second-order valence-electron chi connectivity index (χ2n) is 5.39. The molecule has 0 saturated heterocycles. The number of pyridine rings is 1. The second kappa shape index (κ2) is 8.31. The maximum Gasteiger partial charge on any atom is 0.317 e. The minimum atomic E-state index is -0.375. The van der Waals surface area contributed by atoms with Crippen LogP contribution in [0.4, 0.5) is 4.79 Å². The molecule has 24 heavy (non-hydrogen) atoms. The highest BCUT2D eigenvalue weighted by molar-refractivity contribution is 6.30. The summed E-state index contributed by atoms with van der Waals surface area (Å²) in [6.07, 6.45) is 3.36. The van der Waals surface area contributed by atoms with Crippen LogP contribution in [0.1, 0.15) is 17.2 Å². The third-order valence-corrected chi connectivity index (χ3v) is 3.58. The van der Waals surface area contributed by atoms with Gasteiger partial charge < -0.3 is 15.5 Å². The number of urea groups is 1. The van der Waals surface area contributed by atoms with Gasteiger partial charge in [0, 0.05) is 31.5 Å². The van der Waals surface area contributed by atoms with Crippen molar-refractivity contribution in [2.45, 2.75) is 6.04 Å². The Morgan fingerprint density at radius 2 is 1.88 bits per heavy atom. The zero-order valence-electron chi connectivity index (χ0n) is 13.5. The molecule has 2 aromatic rings. The van der Waals surface area contributed by atoms with Crippen LogP contribution >= 0.6 is 11.6 Å². The van der Waals surface area contributed by atoms with Gasteiger partial charge >= 0.3 is 6.03 Å². The number of hydrogen-bond donors (Lipinski definition) is 2. The standard InChI is InChI=1S/C17H19ClN4O2/c1-22(2)17(24)20-11-15(23)21-16(13-4-3-9-19-10-13)12-5-7-14(18)8-6-12/h3-10,16H,11H2,1-2H3,(H,20,24)(H,21,23)/t16-/m0/s1. The Balaban J connectivity index is 2.13. The van der Waals surface area contributed by atoms with E-state index < -0.39 is 0 Å². The Kier molecular flexibility index (Phi) is 6.14. The van der Waals surface area contributed by atoms with E-state index in [1.54, 1.807) is 44.7 Å². The molecule has 2 rings (SSSR count). The number of halogens is 1. The molecule has 0 aliphatic carbocycles. The number of rotatable bonds is 5. The van der Waals surface area contributed by atoms with E-state index in [1.165, 1.54) is 4.90 Å². The first kappa shape index (κ1) is 17.7. The molecular weight excluding hydrogens is 328 g/mol. The highest BCUT2D eigenvalue weighted by Crippen LogP contribution is 2.22. The van der Waals surface area contributed by atoms with Gasteiger partial charge in [-0.25, -0.2) is 4.79 Å². The van der Waals surface area contributed by atoms with Crippen LogP contribution in [0.3, 0.4) is 0 Å². The zero-order valence-corrected chi connectivity index (χ0v) is 14.2. The molecule has 0 aliphatic rings. The van der Waals surface area contributed by atoms with Crippen LogP contribution in [0, 0.1) is 0 Å². The van der Waals surface area contributed by atoms with Gasteiger partial charge in [-0.05, 0) is 29.3 Å². The summed E-state index contributed by atoms with van der Waals surface area (Å²) in [7, 11) is 3.22. The highest BCUT2D eigenvalue weighted by Gasteiger charge is 2.17. The van der Waals surface area contributed by atoms with Gasteiger partial charge in [-0.3, -0.25) is 9.78 Å². The molecule has 0 unspecified atom stereocenters. The summed E-state index contributed by atoms with van der Waals surface area (Å²) in [4.78, 5) is 29.2. The van der Waals surface area contributed by atoms with Crippen LogP contribution < -0.4 is 10.6 Å². The molecule has 2 N–H and O–H groups in total. The average Bonchev–Trinajstić information content (AvgIpc) is 2.59. The van der Waals surface area contributed by atoms with Crippen molar-refractivity contribution < 1.29 is 9.59 Å². The third-order valence-electron chi connectivity index (χ3n) is 3.33. The molecule has 6 nitrogen and oxygen atoms in total. The van der Waals surface area contributed by atoms with E-state index in [9.17, 15) is 9.59 Å². The first-order valence-corrected chi connectivity index (χ1v) is 7.75. The molecule has 0 bridgehead atoms. The zero-order chi connectivity index (χ0) is 17.5. The quantitative estimate of drug-likeness (QED) is 0.871. The molecule has 1 aromatic carbocycles. The van der Waals surface area contributed by atoms with E-state index in [0.29, 0.717) is 5.02 Å². The molecule has 7 heteroatoms. The first-order valence-electron chi connectivity index (χ1n) is 7.37. The Labute approximate surface area is 145 Å². The summed E-state index contributed by atoms with van der Waals surface area (Å²) in [5.74, 6) is -0.297. The number of carbonyl (C=O) groups excluding carboxylic acids is 2. The Hall–Kier alpha value is -2.60. The van der Waals surface area contributed by atoms with Crippen molar-refractivity contribution >= 4 is 23.5 Å². The molecule has 0 saturated carbocycles. The van der Waals surface area contributed by atoms with Gasteiger partial charge in [0.15, 0.2) is 0 Å². The number of aromatic nitrogens is 1. The van der Waals surface area contributed by atoms with Crippen molar-refractivity contribution in [2.24, 2.45) is 0 Å². The Morgan fingerprint density at radius 1 is 1.17 bits per heavy atom. The fourth-order valence-electron chi connectivity index (χ4n) is 2.09. The summed E-state index contributed by atoms with van der Waals surface area (Å²) in [6.45, 7) is -0.110. The lowest BCUT2D eigenvalue weighted by Gasteiger charge is -2.20. The van der Waals surface area contributed by atoms with Gasteiger partial charge in [0.25, 0.3) is 0 Å². The number of hydrogen-bond acceptors (Lipinski definition) is 3. The number of nitrogens with one attached hydrogen (secondary N) is 2. The van der Waals surface area contributed by atoms with E-state index in [0.717, 1.165) is 11.1 Å². The van der Waals surface area contributed by atoms with Crippen LogP contribution in [0.15, 0.2) is 48.8 Å². The van der Waals surface area contributed by atoms with Crippen LogP contribution in [-0.4, -0.2) is 42.5 Å². The topological polar surface area (TPSA) is 74.3 Å². The summed E-state index contributed by atoms with van der Waals surface area (Å²) in [5.41, 5.74) is 1.71. The number of amides is 3. The lowest BCUT2D eigenvalue weighted by atomic mass is 10.00. The fourth-order valence-corrected chi connectivity index (χ4v) is 2.21. The summed E-state index contributed by atoms with van der Waals surface area (Å²) in [6, 6.07) is 10.2. The van der Waals surface area contributed by atoms with Crippen molar-refractivity contribution in [3.63, 3.8) is 0 Å². The van der Waals surface area contributed by atoms with Crippen molar-refractivity contribution in [1.29, 1.82) is 0 Å². The predicted molar refractivity (Wildman–Crippen MR) is 92.8 cm³/mol. The molecule has 0 fully saturated rings. The lowest BCUT2D eigenvalue weighted by molar-refractivity contribution is -0.120. The second-order valence-corrected chi connectivity index (χ2v) is 5.83. The van der Waals surface area contributed by atoms with Crippen molar-refractivity contribution in [2.75, 3.05) is 20.6 Å². The Bertz CT molecular complexity index is 689.